The van der Waals surface area contributed by atoms with E-state index >= 15 is 0 Å². The first-order chi connectivity index (χ1) is 13.5. The average molecular weight is 406 g/mol. The zero-order valence-electron chi connectivity index (χ0n) is 16.8. The van der Waals surface area contributed by atoms with Gasteiger partial charge in [0.15, 0.2) is 0 Å². The van der Waals surface area contributed by atoms with Gasteiger partial charge in [-0.15, -0.1) is 0 Å². The highest BCUT2D eigenvalue weighted by Gasteiger charge is 2.52. The maximum absolute atomic E-state index is 12.7. The Morgan fingerprint density at radius 3 is 2.86 bits per heavy atom. The average Bonchev–Trinajstić information content (AvgIpc) is 3.09. The van der Waals surface area contributed by atoms with Crippen LogP contribution in [0.4, 0.5) is 0 Å². The van der Waals surface area contributed by atoms with Crippen LogP contribution >= 0.6 is 11.6 Å². The monoisotopic (exact) mass is 405 g/mol. The van der Waals surface area contributed by atoms with Crippen molar-refractivity contribution in [3.05, 3.63) is 34.9 Å². The lowest BCUT2D eigenvalue weighted by atomic mass is 9.70. The highest BCUT2D eigenvalue weighted by atomic mass is 35.5. The van der Waals surface area contributed by atoms with E-state index in [1.807, 2.05) is 6.08 Å². The van der Waals surface area contributed by atoms with Crippen molar-refractivity contribution in [2.75, 3.05) is 13.2 Å². The summed E-state index contributed by atoms with van der Waals surface area (Å²) in [5.41, 5.74) is 0.979. The summed E-state index contributed by atoms with van der Waals surface area (Å²) in [4.78, 5) is 15.3. The second-order valence-electron chi connectivity index (χ2n) is 8.98. The van der Waals surface area contributed by atoms with Crippen LogP contribution < -0.4 is 0 Å². The highest BCUT2D eigenvalue weighted by molar-refractivity contribution is 6.29. The minimum Gasteiger partial charge on any atom is -0.462 e. The van der Waals surface area contributed by atoms with Crippen molar-refractivity contribution >= 4 is 17.6 Å². The van der Waals surface area contributed by atoms with Crippen LogP contribution in [0.3, 0.4) is 0 Å². The molecule has 0 aromatic carbocycles. The smallest absolute Gasteiger partial charge is 0.335 e. The minimum atomic E-state index is -0.700. The molecule has 4 rings (SSSR count). The number of cyclic esters (lactones) is 1. The lowest BCUT2D eigenvalue weighted by Gasteiger charge is -2.55. The van der Waals surface area contributed by atoms with Crippen molar-refractivity contribution in [2.24, 2.45) is 11.8 Å². The lowest BCUT2D eigenvalue weighted by Crippen LogP contribution is -2.61. The molecule has 0 aromatic heterocycles. The predicted molar refractivity (Wildman–Crippen MR) is 111 cm³/mol. The Hall–Kier alpha value is -1.10. The van der Waals surface area contributed by atoms with Gasteiger partial charge in [-0.1, -0.05) is 49.6 Å². The second kappa shape index (κ2) is 8.33. The van der Waals surface area contributed by atoms with Crippen molar-refractivity contribution in [2.45, 2.75) is 76.0 Å². The van der Waals surface area contributed by atoms with E-state index in [-0.39, 0.29) is 18.1 Å². The number of hydrogen-bond donors (Lipinski definition) is 1. The van der Waals surface area contributed by atoms with Gasteiger partial charge in [-0.3, -0.25) is 4.90 Å². The number of piperidine rings is 1. The number of esters is 1. The number of carbonyl (C=O) groups excluding carboxylic acids is 1. The van der Waals surface area contributed by atoms with Crippen LogP contribution in [0.1, 0.15) is 58.3 Å². The first kappa shape index (κ1) is 20.2. The number of fused-ring (bicyclic) bond motifs is 1. The zero-order valence-corrected chi connectivity index (χ0v) is 17.5. The van der Waals surface area contributed by atoms with Gasteiger partial charge < -0.3 is 9.84 Å². The SMILES string of the molecule is C[C@@H]1/C=C/[C@H](O)/C=C(\Cl)CCOC(=O)C2=CC[C@@H]3CCC[C@@]4(CCC[C@@H]14)N3C2. The summed E-state index contributed by atoms with van der Waals surface area (Å²) in [6.07, 6.45) is 15.8. The number of aliphatic hydroxyl groups is 1. The normalized spacial score (nSPS) is 42.9. The van der Waals surface area contributed by atoms with E-state index in [1.54, 1.807) is 6.08 Å². The Balaban J connectivity index is 1.69. The molecule has 1 saturated carbocycles. The third-order valence-electron chi connectivity index (χ3n) is 7.39. The maximum Gasteiger partial charge on any atom is 0.335 e. The molecule has 0 unspecified atom stereocenters. The van der Waals surface area contributed by atoms with Gasteiger partial charge in [-0.25, -0.2) is 4.79 Å². The number of ether oxygens (including phenoxy) is 1. The first-order valence-electron chi connectivity index (χ1n) is 10.8. The number of carbonyl (C=O) groups is 1. The summed E-state index contributed by atoms with van der Waals surface area (Å²) >= 11 is 6.22. The summed E-state index contributed by atoms with van der Waals surface area (Å²) < 4.78 is 5.50. The molecular weight excluding hydrogens is 374 g/mol. The van der Waals surface area contributed by atoms with Crippen LogP contribution in [0.5, 0.6) is 0 Å². The summed E-state index contributed by atoms with van der Waals surface area (Å²) in [5.74, 6) is 0.730. The van der Waals surface area contributed by atoms with Crippen LogP contribution in [0, 0.1) is 11.8 Å². The van der Waals surface area contributed by atoms with Gasteiger partial charge >= 0.3 is 5.97 Å². The van der Waals surface area contributed by atoms with Gasteiger partial charge in [-0.05, 0) is 50.0 Å². The Morgan fingerprint density at radius 2 is 2.04 bits per heavy atom. The number of halogens is 1. The molecule has 1 spiro atoms. The van der Waals surface area contributed by atoms with Crippen molar-refractivity contribution in [3.8, 4) is 0 Å². The van der Waals surface area contributed by atoms with E-state index in [4.69, 9.17) is 16.3 Å². The Bertz CT molecular complexity index is 700. The van der Waals surface area contributed by atoms with E-state index < -0.39 is 6.10 Å². The molecule has 0 aromatic rings. The molecule has 1 saturated heterocycles. The van der Waals surface area contributed by atoms with Crippen molar-refractivity contribution < 1.29 is 14.6 Å². The Kier molecular flexibility index (Phi) is 6.01. The summed E-state index contributed by atoms with van der Waals surface area (Å²) in [6, 6.07) is 0.541. The molecule has 5 atom stereocenters. The fourth-order valence-corrected chi connectivity index (χ4v) is 6.30. The molecule has 1 N–H and O–H groups in total. The molecule has 1 aliphatic carbocycles. The Morgan fingerprint density at radius 1 is 1.25 bits per heavy atom. The number of rotatable bonds is 0. The molecule has 0 amide bonds. The topological polar surface area (TPSA) is 49.8 Å². The highest BCUT2D eigenvalue weighted by Crippen LogP contribution is 2.52. The molecule has 2 fully saturated rings. The van der Waals surface area contributed by atoms with Crippen LogP contribution in [-0.2, 0) is 9.53 Å². The van der Waals surface area contributed by atoms with E-state index in [0.29, 0.717) is 35.9 Å². The molecular formula is C23H32ClNO3. The standard InChI is InChI=1S/C23H32ClNO3/c1-16-6-9-20(26)14-18(24)10-13-28-22(27)17-7-8-19-4-2-11-23(25(19)15-17)12-3-5-21(16)23/h6-7,9,14,16,19-21,26H,2-5,8,10-13,15H2,1H3/b9-6+,18-14-/t16-,19+,20+,21+,23+/m1/s1. The van der Waals surface area contributed by atoms with E-state index in [2.05, 4.69) is 24.0 Å². The van der Waals surface area contributed by atoms with Crippen LogP contribution in [0.2, 0.25) is 0 Å². The fourth-order valence-electron chi connectivity index (χ4n) is 6.10. The molecule has 3 aliphatic heterocycles. The summed E-state index contributed by atoms with van der Waals surface area (Å²) in [6.45, 7) is 3.24. The van der Waals surface area contributed by atoms with Gasteiger partial charge in [-0.2, -0.15) is 0 Å². The molecule has 2 bridgehead atoms. The van der Waals surface area contributed by atoms with Crippen molar-refractivity contribution in [1.29, 1.82) is 0 Å². The van der Waals surface area contributed by atoms with Crippen LogP contribution in [0.15, 0.2) is 34.9 Å². The molecule has 4 aliphatic rings. The molecule has 28 heavy (non-hydrogen) atoms. The van der Waals surface area contributed by atoms with E-state index in [9.17, 15) is 9.90 Å². The summed E-state index contributed by atoms with van der Waals surface area (Å²) in [7, 11) is 0. The maximum atomic E-state index is 12.7. The molecule has 4 nitrogen and oxygen atoms in total. The van der Waals surface area contributed by atoms with Gasteiger partial charge in [0.25, 0.3) is 0 Å². The third kappa shape index (κ3) is 3.83. The molecule has 154 valence electrons. The second-order valence-corrected chi connectivity index (χ2v) is 9.46. The van der Waals surface area contributed by atoms with E-state index in [1.165, 1.54) is 38.5 Å². The molecule has 5 heteroatoms. The first-order valence-corrected chi connectivity index (χ1v) is 11.2. The minimum absolute atomic E-state index is 0.172. The quantitative estimate of drug-likeness (QED) is 0.481. The van der Waals surface area contributed by atoms with Gasteiger partial charge in [0.2, 0.25) is 0 Å². The number of aliphatic hydroxyl groups excluding tert-OH is 1. The largest absolute Gasteiger partial charge is 0.462 e. The lowest BCUT2D eigenvalue weighted by molar-refractivity contribution is -0.140. The van der Waals surface area contributed by atoms with Gasteiger partial charge in [0.1, 0.15) is 0 Å². The fraction of sp³-hybridized carbons (Fsp3) is 0.696. The number of hydrogen-bond acceptors (Lipinski definition) is 4. The molecule has 0 radical (unpaired) electrons. The predicted octanol–water partition coefficient (Wildman–Crippen LogP) is 4.33. The van der Waals surface area contributed by atoms with E-state index in [0.717, 1.165) is 12.0 Å². The van der Waals surface area contributed by atoms with Crippen LogP contribution in [0.25, 0.3) is 0 Å². The molecule has 3 heterocycles. The zero-order chi connectivity index (χ0) is 19.7. The van der Waals surface area contributed by atoms with Crippen molar-refractivity contribution in [3.63, 3.8) is 0 Å². The van der Waals surface area contributed by atoms with Crippen LogP contribution in [-0.4, -0.2) is 46.8 Å². The van der Waals surface area contributed by atoms with Crippen molar-refractivity contribution in [1.82, 2.24) is 4.90 Å². The summed E-state index contributed by atoms with van der Waals surface area (Å²) in [5, 5.41) is 10.8. The van der Waals surface area contributed by atoms with Gasteiger partial charge in [0, 0.05) is 35.2 Å². The van der Waals surface area contributed by atoms with Gasteiger partial charge in [0.05, 0.1) is 12.7 Å². The Labute approximate surface area is 173 Å². The third-order valence-corrected chi connectivity index (χ3v) is 7.70. The number of nitrogens with zero attached hydrogens (tertiary/aromatic N) is 1. The number of allylic oxidation sites excluding steroid dienone is 1.